The predicted molar refractivity (Wildman–Crippen MR) is 75.1 cm³/mol. The number of carbonyl (C=O) groups excluding carboxylic acids is 2. The third kappa shape index (κ3) is 4.59. The molecule has 0 fully saturated rings. The maximum atomic E-state index is 12.0. The van der Waals surface area contributed by atoms with Crippen molar-refractivity contribution in [2.24, 2.45) is 0 Å². The molecule has 0 aliphatic carbocycles. The van der Waals surface area contributed by atoms with Gasteiger partial charge in [-0.2, -0.15) is 13.2 Å². The second-order valence-electron chi connectivity index (χ2n) is 4.20. The maximum absolute atomic E-state index is 12.0. The first kappa shape index (κ1) is 16.0. The summed E-state index contributed by atoms with van der Waals surface area (Å²) in [5.74, 6) is -1.38. The molecule has 1 aromatic heterocycles. The van der Waals surface area contributed by atoms with Gasteiger partial charge in [0.25, 0.3) is 5.91 Å². The topological polar surface area (TPSA) is 55.4 Å². The molecule has 0 bridgehead atoms. The number of benzene rings is 1. The lowest BCUT2D eigenvalue weighted by atomic mass is 10.2. The van der Waals surface area contributed by atoms with Gasteiger partial charge in [-0.3, -0.25) is 4.79 Å². The number of carbonyl (C=O) groups is 2. The molecule has 116 valence electrons. The average Bonchev–Trinajstić information content (AvgIpc) is 2.99. The number of alkyl halides is 3. The third-order valence-corrected chi connectivity index (χ3v) is 3.36. The highest BCUT2D eigenvalue weighted by atomic mass is 32.1. The van der Waals surface area contributed by atoms with Crippen molar-refractivity contribution in [2.75, 3.05) is 11.9 Å². The summed E-state index contributed by atoms with van der Waals surface area (Å²) in [6.07, 6.45) is -4.57. The van der Waals surface area contributed by atoms with Crippen LogP contribution in [0.25, 0.3) is 0 Å². The molecule has 0 atom stereocenters. The van der Waals surface area contributed by atoms with Crippen LogP contribution >= 0.6 is 11.3 Å². The van der Waals surface area contributed by atoms with Crippen molar-refractivity contribution in [1.29, 1.82) is 0 Å². The van der Waals surface area contributed by atoms with E-state index in [4.69, 9.17) is 0 Å². The molecular formula is C14H10F3NO3S. The lowest BCUT2D eigenvalue weighted by Gasteiger charge is -2.08. The SMILES string of the molecule is O=C(OCC(F)(F)F)c1ccc(NC(=O)c2cccs2)cc1. The van der Waals surface area contributed by atoms with Crippen molar-refractivity contribution in [3.8, 4) is 0 Å². The van der Waals surface area contributed by atoms with E-state index >= 15 is 0 Å². The number of nitrogens with one attached hydrogen (secondary N) is 1. The van der Waals surface area contributed by atoms with Crippen molar-refractivity contribution < 1.29 is 27.5 Å². The largest absolute Gasteiger partial charge is 0.452 e. The summed E-state index contributed by atoms with van der Waals surface area (Å²) in [7, 11) is 0. The number of hydrogen-bond donors (Lipinski definition) is 1. The molecule has 2 rings (SSSR count). The van der Waals surface area contributed by atoms with Crippen LogP contribution in [0, 0.1) is 0 Å². The molecule has 1 heterocycles. The first-order valence-electron chi connectivity index (χ1n) is 6.04. The fraction of sp³-hybridized carbons (Fsp3) is 0.143. The van der Waals surface area contributed by atoms with E-state index in [0.717, 1.165) is 0 Å². The van der Waals surface area contributed by atoms with Crippen LogP contribution in [0.4, 0.5) is 18.9 Å². The zero-order valence-electron chi connectivity index (χ0n) is 11.0. The van der Waals surface area contributed by atoms with Gasteiger partial charge in [0, 0.05) is 5.69 Å². The number of anilines is 1. The molecule has 2 aromatic rings. The van der Waals surface area contributed by atoms with Crippen molar-refractivity contribution in [1.82, 2.24) is 0 Å². The van der Waals surface area contributed by atoms with E-state index in [9.17, 15) is 22.8 Å². The molecule has 0 radical (unpaired) electrons. The first-order chi connectivity index (χ1) is 10.3. The number of rotatable bonds is 4. The number of esters is 1. The Hall–Kier alpha value is -2.35. The van der Waals surface area contributed by atoms with Crippen LogP contribution in [0.5, 0.6) is 0 Å². The lowest BCUT2D eigenvalue weighted by Crippen LogP contribution is -2.20. The van der Waals surface area contributed by atoms with E-state index in [-0.39, 0.29) is 11.5 Å². The second kappa shape index (κ2) is 6.61. The van der Waals surface area contributed by atoms with Crippen molar-refractivity contribution >= 4 is 28.9 Å². The van der Waals surface area contributed by atoms with Crippen molar-refractivity contribution in [3.05, 3.63) is 52.2 Å². The molecule has 1 aromatic carbocycles. The van der Waals surface area contributed by atoms with Gasteiger partial charge >= 0.3 is 12.1 Å². The lowest BCUT2D eigenvalue weighted by molar-refractivity contribution is -0.161. The van der Waals surface area contributed by atoms with Crippen LogP contribution < -0.4 is 5.32 Å². The molecular weight excluding hydrogens is 319 g/mol. The fourth-order valence-electron chi connectivity index (χ4n) is 1.52. The van der Waals surface area contributed by atoms with Gasteiger partial charge in [-0.05, 0) is 35.7 Å². The Bertz CT molecular complexity index is 651. The Kier molecular flexibility index (Phi) is 4.81. The zero-order chi connectivity index (χ0) is 16.2. The minimum absolute atomic E-state index is 0.0293. The summed E-state index contributed by atoms with van der Waals surface area (Å²) in [5.41, 5.74) is 0.393. The molecule has 0 saturated heterocycles. The highest BCUT2D eigenvalue weighted by Crippen LogP contribution is 2.17. The van der Waals surface area contributed by atoms with E-state index in [1.807, 2.05) is 0 Å². The number of ether oxygens (including phenoxy) is 1. The van der Waals surface area contributed by atoms with Gasteiger partial charge in [0.15, 0.2) is 6.61 Å². The molecule has 0 saturated carbocycles. The van der Waals surface area contributed by atoms with E-state index in [1.54, 1.807) is 17.5 Å². The fourth-order valence-corrected chi connectivity index (χ4v) is 2.14. The van der Waals surface area contributed by atoms with Gasteiger partial charge < -0.3 is 10.1 Å². The van der Waals surface area contributed by atoms with Crippen molar-refractivity contribution in [2.45, 2.75) is 6.18 Å². The predicted octanol–water partition coefficient (Wildman–Crippen LogP) is 3.72. The number of amides is 1. The van der Waals surface area contributed by atoms with Crippen LogP contribution in [0.3, 0.4) is 0 Å². The Labute approximate surface area is 127 Å². The normalized spacial score (nSPS) is 11.0. The summed E-state index contributed by atoms with van der Waals surface area (Å²) < 4.78 is 40.0. The molecule has 0 aliphatic rings. The maximum Gasteiger partial charge on any atom is 0.422 e. The molecule has 0 spiro atoms. The molecule has 1 amide bonds. The second-order valence-corrected chi connectivity index (χ2v) is 5.15. The molecule has 0 unspecified atom stereocenters. The minimum Gasteiger partial charge on any atom is -0.452 e. The van der Waals surface area contributed by atoms with E-state index < -0.39 is 18.8 Å². The summed E-state index contributed by atoms with van der Waals surface area (Å²) in [5, 5.41) is 4.36. The summed E-state index contributed by atoms with van der Waals surface area (Å²) in [6, 6.07) is 8.78. The zero-order valence-corrected chi connectivity index (χ0v) is 11.8. The third-order valence-electron chi connectivity index (χ3n) is 2.49. The summed E-state index contributed by atoms with van der Waals surface area (Å²) >= 11 is 1.27. The molecule has 1 N–H and O–H groups in total. The Morgan fingerprint density at radius 1 is 1.14 bits per heavy atom. The van der Waals surface area contributed by atoms with Crippen LogP contribution in [0.1, 0.15) is 20.0 Å². The van der Waals surface area contributed by atoms with Gasteiger partial charge in [-0.15, -0.1) is 11.3 Å². The van der Waals surface area contributed by atoms with Crippen LogP contribution in [0.15, 0.2) is 41.8 Å². The smallest absolute Gasteiger partial charge is 0.422 e. The number of halogens is 3. The van der Waals surface area contributed by atoms with Gasteiger partial charge in [-0.25, -0.2) is 4.79 Å². The van der Waals surface area contributed by atoms with E-state index in [1.165, 1.54) is 35.6 Å². The Morgan fingerprint density at radius 3 is 2.36 bits per heavy atom. The van der Waals surface area contributed by atoms with Crippen LogP contribution in [-0.2, 0) is 4.74 Å². The number of thiophene rings is 1. The first-order valence-corrected chi connectivity index (χ1v) is 6.92. The molecule has 4 nitrogen and oxygen atoms in total. The average molecular weight is 329 g/mol. The Balaban J connectivity index is 1.95. The van der Waals surface area contributed by atoms with Crippen LogP contribution in [-0.4, -0.2) is 24.7 Å². The standard InChI is InChI=1S/C14H10F3NO3S/c15-14(16,17)8-21-13(20)9-3-5-10(6-4-9)18-12(19)11-2-1-7-22-11/h1-7H,8H2,(H,18,19). The molecule has 8 heteroatoms. The van der Waals surface area contributed by atoms with Gasteiger partial charge in [0.2, 0.25) is 0 Å². The summed E-state index contributed by atoms with van der Waals surface area (Å²) in [6.45, 7) is -1.64. The Morgan fingerprint density at radius 2 is 1.82 bits per heavy atom. The number of hydrogen-bond acceptors (Lipinski definition) is 4. The quantitative estimate of drug-likeness (QED) is 0.870. The van der Waals surface area contributed by atoms with Crippen molar-refractivity contribution in [3.63, 3.8) is 0 Å². The van der Waals surface area contributed by atoms with Crippen LogP contribution in [0.2, 0.25) is 0 Å². The highest BCUT2D eigenvalue weighted by Gasteiger charge is 2.29. The van der Waals surface area contributed by atoms with E-state index in [0.29, 0.717) is 10.6 Å². The van der Waals surface area contributed by atoms with Gasteiger partial charge in [0.1, 0.15) is 0 Å². The monoisotopic (exact) mass is 329 g/mol. The molecule has 0 aliphatic heterocycles. The molecule has 22 heavy (non-hydrogen) atoms. The van der Waals surface area contributed by atoms with Gasteiger partial charge in [-0.1, -0.05) is 6.07 Å². The highest BCUT2D eigenvalue weighted by molar-refractivity contribution is 7.12. The minimum atomic E-state index is -4.57. The van der Waals surface area contributed by atoms with Gasteiger partial charge in [0.05, 0.1) is 10.4 Å². The summed E-state index contributed by atoms with van der Waals surface area (Å²) in [4.78, 5) is 23.7. The van der Waals surface area contributed by atoms with E-state index in [2.05, 4.69) is 10.1 Å².